The molecule has 4 rings (SSSR count). The topological polar surface area (TPSA) is 41.4 Å². The number of rotatable bonds is 6. The van der Waals surface area contributed by atoms with Crippen LogP contribution < -0.4 is 0 Å². The lowest BCUT2D eigenvalue weighted by molar-refractivity contribution is -0.127. The second kappa shape index (κ2) is 9.36. The highest BCUT2D eigenvalue weighted by molar-refractivity contribution is 6.31. The van der Waals surface area contributed by atoms with Crippen LogP contribution in [0.25, 0.3) is 6.08 Å². The molecule has 3 heterocycles. The fourth-order valence-electron chi connectivity index (χ4n) is 4.56. The molecule has 2 saturated heterocycles. The van der Waals surface area contributed by atoms with Crippen molar-refractivity contribution in [2.75, 3.05) is 26.2 Å². The average molecular weight is 427 g/mol. The molecule has 2 fully saturated rings. The number of amides is 1. The van der Waals surface area contributed by atoms with E-state index in [0.29, 0.717) is 17.7 Å². The van der Waals surface area contributed by atoms with Gasteiger partial charge in [-0.25, -0.2) is 4.68 Å². The van der Waals surface area contributed by atoms with Gasteiger partial charge in [-0.15, -0.1) is 0 Å². The van der Waals surface area contributed by atoms with Gasteiger partial charge in [-0.2, -0.15) is 5.10 Å². The van der Waals surface area contributed by atoms with Crippen molar-refractivity contribution in [3.05, 3.63) is 57.9 Å². The van der Waals surface area contributed by atoms with E-state index in [1.807, 2.05) is 17.9 Å². The highest BCUT2D eigenvalue weighted by Gasteiger charge is 2.29. The normalized spacial score (nSPS) is 20.0. The van der Waals surface area contributed by atoms with Gasteiger partial charge in [-0.3, -0.25) is 4.79 Å². The first-order valence-corrected chi connectivity index (χ1v) is 11.4. The van der Waals surface area contributed by atoms with E-state index in [9.17, 15) is 4.79 Å². The molecule has 30 heavy (non-hydrogen) atoms. The summed E-state index contributed by atoms with van der Waals surface area (Å²) in [4.78, 5) is 17.4. The third-order valence-corrected chi connectivity index (χ3v) is 6.68. The molecule has 6 heteroatoms. The van der Waals surface area contributed by atoms with Crippen LogP contribution in [0.5, 0.6) is 0 Å². The van der Waals surface area contributed by atoms with Crippen LogP contribution in [0.15, 0.2) is 30.3 Å². The summed E-state index contributed by atoms with van der Waals surface area (Å²) in [5.74, 6) is 0.0819. The number of hydrogen-bond donors (Lipinski definition) is 0. The van der Waals surface area contributed by atoms with Crippen molar-refractivity contribution in [2.45, 2.75) is 52.1 Å². The van der Waals surface area contributed by atoms with Gasteiger partial charge in [0.1, 0.15) is 5.15 Å². The summed E-state index contributed by atoms with van der Waals surface area (Å²) >= 11 is 6.61. The first-order valence-electron chi connectivity index (χ1n) is 11.0. The molecule has 0 bridgehead atoms. The fourth-order valence-corrected chi connectivity index (χ4v) is 4.85. The van der Waals surface area contributed by atoms with E-state index in [2.05, 4.69) is 41.2 Å². The summed E-state index contributed by atoms with van der Waals surface area (Å²) in [5.41, 5.74) is 4.05. The first-order chi connectivity index (χ1) is 14.5. The second-order valence-corrected chi connectivity index (χ2v) is 8.96. The van der Waals surface area contributed by atoms with Gasteiger partial charge < -0.3 is 9.80 Å². The Labute approximate surface area is 184 Å². The number of benzene rings is 1. The lowest BCUT2D eigenvalue weighted by atomic mass is 10.1. The minimum Gasteiger partial charge on any atom is -0.335 e. The van der Waals surface area contributed by atoms with Crippen LogP contribution >= 0.6 is 11.6 Å². The summed E-state index contributed by atoms with van der Waals surface area (Å²) in [7, 11) is 0. The molecule has 2 aliphatic rings. The van der Waals surface area contributed by atoms with E-state index in [4.69, 9.17) is 11.6 Å². The third kappa shape index (κ3) is 4.79. The van der Waals surface area contributed by atoms with Gasteiger partial charge in [-0.1, -0.05) is 41.4 Å². The minimum absolute atomic E-state index is 0.0819. The van der Waals surface area contributed by atoms with Crippen LogP contribution in [0.1, 0.15) is 48.1 Å². The predicted octanol–water partition coefficient (Wildman–Crippen LogP) is 4.30. The molecule has 2 aliphatic heterocycles. The van der Waals surface area contributed by atoms with Gasteiger partial charge in [0.25, 0.3) is 0 Å². The molecular weight excluding hydrogens is 396 g/mol. The molecule has 2 aromatic rings. The van der Waals surface area contributed by atoms with E-state index >= 15 is 0 Å². The van der Waals surface area contributed by atoms with E-state index in [1.165, 1.54) is 31.5 Å². The molecule has 1 aromatic heterocycles. The maximum absolute atomic E-state index is 12.9. The molecule has 0 radical (unpaired) electrons. The lowest BCUT2D eigenvalue weighted by Crippen LogP contribution is -2.41. The van der Waals surface area contributed by atoms with Crippen molar-refractivity contribution in [1.29, 1.82) is 0 Å². The maximum atomic E-state index is 12.9. The van der Waals surface area contributed by atoms with E-state index in [-0.39, 0.29) is 5.91 Å². The summed E-state index contributed by atoms with van der Waals surface area (Å²) in [5, 5.41) is 5.16. The number of aryl methyl sites for hydroxylation is 2. The SMILES string of the molecule is Cc1ccc(Cn2nc(C)c(/C=C/C(=O)N3CCCC3CN3CCCC3)c2Cl)cc1. The zero-order valence-corrected chi connectivity index (χ0v) is 18.7. The van der Waals surface area contributed by atoms with Gasteiger partial charge in [-0.05, 0) is 64.3 Å². The molecule has 160 valence electrons. The zero-order chi connectivity index (χ0) is 21.1. The molecule has 0 saturated carbocycles. The Morgan fingerprint density at radius 2 is 1.87 bits per heavy atom. The fraction of sp³-hybridized carbons (Fsp3) is 0.500. The Morgan fingerprint density at radius 1 is 1.13 bits per heavy atom. The second-order valence-electron chi connectivity index (χ2n) is 8.60. The van der Waals surface area contributed by atoms with Gasteiger partial charge >= 0.3 is 0 Å². The largest absolute Gasteiger partial charge is 0.335 e. The minimum atomic E-state index is 0.0819. The Bertz CT molecular complexity index is 912. The van der Waals surface area contributed by atoms with E-state index < -0.39 is 0 Å². The van der Waals surface area contributed by atoms with Gasteiger partial charge in [0.05, 0.1) is 12.2 Å². The van der Waals surface area contributed by atoms with Crippen molar-refractivity contribution in [3.63, 3.8) is 0 Å². The number of nitrogens with zero attached hydrogens (tertiary/aromatic N) is 4. The Hall–Kier alpha value is -2.11. The molecule has 0 spiro atoms. The molecule has 1 atom stereocenters. The number of carbonyl (C=O) groups excluding carboxylic acids is 1. The standard InChI is InChI=1S/C24H31ClN4O/c1-18-7-9-20(10-8-18)16-29-24(25)22(19(2)26-29)11-12-23(30)28-15-5-6-21(28)17-27-13-3-4-14-27/h7-12,21H,3-6,13-17H2,1-2H3/b12-11+. The summed E-state index contributed by atoms with van der Waals surface area (Å²) < 4.78 is 1.80. The molecule has 5 nitrogen and oxygen atoms in total. The summed E-state index contributed by atoms with van der Waals surface area (Å²) in [6.07, 6.45) is 8.27. The van der Waals surface area contributed by atoms with Crippen LogP contribution in [0.3, 0.4) is 0 Å². The van der Waals surface area contributed by atoms with Crippen LogP contribution in [-0.2, 0) is 11.3 Å². The van der Waals surface area contributed by atoms with Gasteiger partial charge in [0.15, 0.2) is 0 Å². The van der Waals surface area contributed by atoms with Crippen LogP contribution in [0, 0.1) is 13.8 Å². The molecule has 1 unspecified atom stereocenters. The molecular formula is C24H31ClN4O. The van der Waals surface area contributed by atoms with Gasteiger partial charge in [0.2, 0.25) is 5.91 Å². The van der Waals surface area contributed by atoms with Crippen molar-refractivity contribution < 1.29 is 4.79 Å². The molecule has 1 amide bonds. The number of aromatic nitrogens is 2. The van der Waals surface area contributed by atoms with E-state index in [1.54, 1.807) is 10.8 Å². The summed E-state index contributed by atoms with van der Waals surface area (Å²) in [6.45, 7) is 8.83. The van der Waals surface area contributed by atoms with Crippen molar-refractivity contribution in [2.24, 2.45) is 0 Å². The highest BCUT2D eigenvalue weighted by Crippen LogP contribution is 2.24. The average Bonchev–Trinajstić information content (AvgIpc) is 3.46. The monoisotopic (exact) mass is 426 g/mol. The van der Waals surface area contributed by atoms with Crippen LogP contribution in [0.2, 0.25) is 5.15 Å². The van der Waals surface area contributed by atoms with Crippen molar-refractivity contribution >= 4 is 23.6 Å². The Balaban J connectivity index is 1.43. The molecule has 1 aromatic carbocycles. The smallest absolute Gasteiger partial charge is 0.246 e. The van der Waals surface area contributed by atoms with E-state index in [0.717, 1.165) is 42.8 Å². The summed E-state index contributed by atoms with van der Waals surface area (Å²) in [6, 6.07) is 8.70. The number of likely N-dealkylation sites (tertiary alicyclic amines) is 2. The van der Waals surface area contributed by atoms with Crippen LogP contribution in [-0.4, -0.2) is 57.7 Å². The van der Waals surface area contributed by atoms with Crippen molar-refractivity contribution in [1.82, 2.24) is 19.6 Å². The molecule has 0 aliphatic carbocycles. The Kier molecular flexibility index (Phi) is 6.59. The zero-order valence-electron chi connectivity index (χ0n) is 18.0. The highest BCUT2D eigenvalue weighted by atomic mass is 35.5. The Morgan fingerprint density at radius 3 is 2.60 bits per heavy atom. The number of hydrogen-bond acceptors (Lipinski definition) is 3. The molecule has 0 N–H and O–H groups in total. The lowest BCUT2D eigenvalue weighted by Gasteiger charge is -2.27. The maximum Gasteiger partial charge on any atom is 0.246 e. The van der Waals surface area contributed by atoms with Crippen molar-refractivity contribution in [3.8, 4) is 0 Å². The first kappa shape index (κ1) is 21.1. The quantitative estimate of drug-likeness (QED) is 0.646. The predicted molar refractivity (Wildman–Crippen MR) is 122 cm³/mol. The van der Waals surface area contributed by atoms with Gasteiger partial charge in [0, 0.05) is 30.8 Å². The third-order valence-electron chi connectivity index (χ3n) is 6.28. The van der Waals surface area contributed by atoms with Crippen LogP contribution in [0.4, 0.5) is 0 Å². The number of carbonyl (C=O) groups is 1. The number of halogens is 1.